The summed E-state index contributed by atoms with van der Waals surface area (Å²) in [7, 11) is -3.58. The molecule has 2 rings (SSSR count). The highest BCUT2D eigenvalue weighted by Crippen LogP contribution is 2.17. The van der Waals surface area contributed by atoms with E-state index in [1.165, 1.54) is 12.3 Å². The SMILES string of the molecule is Cc1ccc(C(C)NS(=O)(=O)c2ccn[nH]2)o1. The second-order valence-electron chi connectivity index (χ2n) is 3.71. The van der Waals surface area contributed by atoms with Gasteiger partial charge >= 0.3 is 0 Å². The standard InChI is InChI=1S/C10H13N3O3S/c1-7-3-4-9(16-7)8(2)13-17(14,15)10-5-6-11-12-10/h3-6,8,13H,1-2H3,(H,11,12). The Morgan fingerprint density at radius 2 is 2.18 bits per heavy atom. The molecule has 0 spiro atoms. The molecule has 92 valence electrons. The molecule has 2 heterocycles. The van der Waals surface area contributed by atoms with Gasteiger partial charge < -0.3 is 4.42 Å². The van der Waals surface area contributed by atoms with Gasteiger partial charge in [0.2, 0.25) is 0 Å². The van der Waals surface area contributed by atoms with E-state index in [4.69, 9.17) is 4.42 Å². The van der Waals surface area contributed by atoms with Gasteiger partial charge in [0.05, 0.1) is 12.2 Å². The molecule has 0 bridgehead atoms. The van der Waals surface area contributed by atoms with E-state index in [1.807, 2.05) is 0 Å². The fourth-order valence-corrected chi connectivity index (χ4v) is 2.55. The zero-order chi connectivity index (χ0) is 12.5. The maximum absolute atomic E-state index is 11.9. The third-order valence-corrected chi connectivity index (χ3v) is 3.75. The van der Waals surface area contributed by atoms with Crippen molar-refractivity contribution >= 4 is 10.0 Å². The molecule has 0 radical (unpaired) electrons. The average molecular weight is 255 g/mol. The molecule has 0 aromatic carbocycles. The molecule has 2 N–H and O–H groups in total. The summed E-state index contributed by atoms with van der Waals surface area (Å²) < 4.78 is 31.6. The number of hydrogen-bond donors (Lipinski definition) is 2. The van der Waals surface area contributed by atoms with Crippen LogP contribution in [0.4, 0.5) is 0 Å². The Hall–Kier alpha value is -1.60. The van der Waals surface area contributed by atoms with Gasteiger partial charge in [-0.3, -0.25) is 5.10 Å². The van der Waals surface area contributed by atoms with E-state index in [1.54, 1.807) is 26.0 Å². The molecular formula is C10H13N3O3S. The van der Waals surface area contributed by atoms with Crippen LogP contribution in [0.2, 0.25) is 0 Å². The van der Waals surface area contributed by atoms with Crippen molar-refractivity contribution in [3.63, 3.8) is 0 Å². The molecule has 0 amide bonds. The summed E-state index contributed by atoms with van der Waals surface area (Å²) in [5.41, 5.74) is 0. The van der Waals surface area contributed by atoms with Gasteiger partial charge in [-0.1, -0.05) is 0 Å². The number of rotatable bonds is 4. The fourth-order valence-electron chi connectivity index (χ4n) is 1.43. The van der Waals surface area contributed by atoms with Gasteiger partial charge in [-0.15, -0.1) is 0 Å². The number of aromatic amines is 1. The maximum Gasteiger partial charge on any atom is 0.258 e. The highest BCUT2D eigenvalue weighted by Gasteiger charge is 2.21. The Morgan fingerprint density at radius 3 is 2.71 bits per heavy atom. The van der Waals surface area contributed by atoms with Gasteiger partial charge in [-0.05, 0) is 32.0 Å². The first-order valence-electron chi connectivity index (χ1n) is 5.07. The molecule has 0 aliphatic rings. The predicted molar refractivity (Wildman–Crippen MR) is 60.8 cm³/mol. The van der Waals surface area contributed by atoms with E-state index < -0.39 is 16.1 Å². The number of furan rings is 1. The quantitative estimate of drug-likeness (QED) is 0.863. The van der Waals surface area contributed by atoms with E-state index in [0.29, 0.717) is 5.76 Å². The summed E-state index contributed by atoms with van der Waals surface area (Å²) in [5, 5.41) is 6.05. The molecule has 0 fully saturated rings. The van der Waals surface area contributed by atoms with E-state index in [0.717, 1.165) is 5.76 Å². The van der Waals surface area contributed by atoms with Crippen LogP contribution < -0.4 is 4.72 Å². The molecule has 0 saturated heterocycles. The third-order valence-electron chi connectivity index (χ3n) is 2.28. The fraction of sp³-hybridized carbons (Fsp3) is 0.300. The Kier molecular flexibility index (Phi) is 3.03. The van der Waals surface area contributed by atoms with Crippen molar-refractivity contribution < 1.29 is 12.8 Å². The number of nitrogens with zero attached hydrogens (tertiary/aromatic N) is 1. The molecule has 2 aromatic heterocycles. The van der Waals surface area contributed by atoms with E-state index in [-0.39, 0.29) is 5.03 Å². The van der Waals surface area contributed by atoms with Crippen molar-refractivity contribution in [1.29, 1.82) is 0 Å². The largest absolute Gasteiger partial charge is 0.465 e. The van der Waals surface area contributed by atoms with Gasteiger partial charge in [0.25, 0.3) is 10.0 Å². The molecule has 2 aromatic rings. The van der Waals surface area contributed by atoms with Crippen LogP contribution in [0.15, 0.2) is 33.8 Å². The number of aryl methyl sites for hydroxylation is 1. The Labute approximate surface area is 99.1 Å². The van der Waals surface area contributed by atoms with Crippen LogP contribution in [-0.4, -0.2) is 18.6 Å². The van der Waals surface area contributed by atoms with Crippen LogP contribution in [0.3, 0.4) is 0 Å². The van der Waals surface area contributed by atoms with Crippen LogP contribution in [0.1, 0.15) is 24.5 Å². The summed E-state index contributed by atoms with van der Waals surface area (Å²) in [6.07, 6.45) is 1.39. The molecule has 1 atom stereocenters. The first-order valence-corrected chi connectivity index (χ1v) is 6.55. The highest BCUT2D eigenvalue weighted by molar-refractivity contribution is 7.89. The minimum absolute atomic E-state index is 0.0348. The van der Waals surface area contributed by atoms with Crippen molar-refractivity contribution in [3.05, 3.63) is 35.9 Å². The second-order valence-corrected chi connectivity index (χ2v) is 5.39. The summed E-state index contributed by atoms with van der Waals surface area (Å²) >= 11 is 0. The molecule has 17 heavy (non-hydrogen) atoms. The molecule has 0 saturated carbocycles. The van der Waals surface area contributed by atoms with Crippen molar-refractivity contribution in [1.82, 2.24) is 14.9 Å². The van der Waals surface area contributed by atoms with Crippen LogP contribution in [-0.2, 0) is 10.0 Å². The van der Waals surface area contributed by atoms with E-state index in [9.17, 15) is 8.42 Å². The normalized spacial score (nSPS) is 13.8. The summed E-state index contributed by atoms with van der Waals surface area (Å²) in [4.78, 5) is 0. The minimum Gasteiger partial charge on any atom is -0.465 e. The molecular weight excluding hydrogens is 242 g/mol. The van der Waals surface area contributed by atoms with Gasteiger partial charge in [-0.2, -0.15) is 9.82 Å². The second kappa shape index (κ2) is 4.34. The molecule has 0 aliphatic heterocycles. The lowest BCUT2D eigenvalue weighted by atomic mass is 10.3. The highest BCUT2D eigenvalue weighted by atomic mass is 32.2. The van der Waals surface area contributed by atoms with Crippen LogP contribution in [0.25, 0.3) is 0 Å². The first kappa shape index (κ1) is 11.9. The van der Waals surface area contributed by atoms with Gasteiger partial charge in [0.15, 0.2) is 5.03 Å². The number of hydrogen-bond acceptors (Lipinski definition) is 4. The summed E-state index contributed by atoms with van der Waals surface area (Å²) in [6, 6.07) is 4.49. The zero-order valence-corrected chi connectivity index (χ0v) is 10.3. The van der Waals surface area contributed by atoms with Crippen LogP contribution >= 0.6 is 0 Å². The molecule has 1 unspecified atom stereocenters. The number of aromatic nitrogens is 2. The van der Waals surface area contributed by atoms with Gasteiger partial charge in [0, 0.05) is 0 Å². The van der Waals surface area contributed by atoms with Crippen molar-refractivity contribution in [2.75, 3.05) is 0 Å². The lowest BCUT2D eigenvalue weighted by molar-refractivity contribution is 0.441. The third kappa shape index (κ3) is 2.56. The molecule has 6 nitrogen and oxygen atoms in total. The molecule has 7 heteroatoms. The number of nitrogens with one attached hydrogen (secondary N) is 2. The van der Waals surface area contributed by atoms with Gasteiger partial charge in [0.1, 0.15) is 11.5 Å². The van der Waals surface area contributed by atoms with Crippen LogP contribution in [0, 0.1) is 6.92 Å². The Bertz CT molecular complexity index is 586. The lowest BCUT2D eigenvalue weighted by Crippen LogP contribution is -2.26. The predicted octanol–water partition coefficient (Wildman–Crippen LogP) is 1.35. The van der Waals surface area contributed by atoms with Gasteiger partial charge in [-0.25, -0.2) is 8.42 Å². The number of H-pyrrole nitrogens is 1. The molecule has 0 aliphatic carbocycles. The Morgan fingerprint density at radius 1 is 1.41 bits per heavy atom. The van der Waals surface area contributed by atoms with Crippen molar-refractivity contribution in [2.24, 2.45) is 0 Å². The maximum atomic E-state index is 11.9. The van der Waals surface area contributed by atoms with Crippen LogP contribution in [0.5, 0.6) is 0 Å². The summed E-state index contributed by atoms with van der Waals surface area (Å²) in [6.45, 7) is 3.52. The lowest BCUT2D eigenvalue weighted by Gasteiger charge is -2.10. The first-order chi connectivity index (χ1) is 7.99. The topological polar surface area (TPSA) is 88.0 Å². The Balaban J connectivity index is 2.17. The summed E-state index contributed by atoms with van der Waals surface area (Å²) in [5.74, 6) is 1.32. The minimum atomic E-state index is -3.58. The monoisotopic (exact) mass is 255 g/mol. The van der Waals surface area contributed by atoms with E-state index >= 15 is 0 Å². The van der Waals surface area contributed by atoms with Crippen molar-refractivity contribution in [3.8, 4) is 0 Å². The van der Waals surface area contributed by atoms with E-state index in [2.05, 4.69) is 14.9 Å². The average Bonchev–Trinajstić information content (AvgIpc) is 2.86. The zero-order valence-electron chi connectivity index (χ0n) is 9.47. The number of sulfonamides is 1. The smallest absolute Gasteiger partial charge is 0.258 e. The van der Waals surface area contributed by atoms with Crippen molar-refractivity contribution in [2.45, 2.75) is 24.9 Å².